The van der Waals surface area contributed by atoms with E-state index in [9.17, 15) is 13.2 Å². The minimum absolute atomic E-state index is 0.0479. The van der Waals surface area contributed by atoms with Crippen molar-refractivity contribution in [1.29, 1.82) is 0 Å². The SMILES string of the molecule is CCS(=O)(=O)N1Cc2ccccc2C[C@H]1C(=O)NCc1nnc2ccccn12. The summed E-state index contributed by atoms with van der Waals surface area (Å²) in [5.74, 6) is 0.206. The van der Waals surface area contributed by atoms with Crippen molar-refractivity contribution in [2.75, 3.05) is 5.75 Å². The van der Waals surface area contributed by atoms with E-state index >= 15 is 0 Å². The van der Waals surface area contributed by atoms with Crippen LogP contribution >= 0.6 is 0 Å². The number of nitrogens with one attached hydrogen (secondary N) is 1. The van der Waals surface area contributed by atoms with E-state index < -0.39 is 16.1 Å². The number of carbonyl (C=O) groups is 1. The van der Waals surface area contributed by atoms with Crippen LogP contribution in [-0.2, 0) is 34.3 Å². The summed E-state index contributed by atoms with van der Waals surface area (Å²) < 4.78 is 28.3. The maximum Gasteiger partial charge on any atom is 0.239 e. The van der Waals surface area contributed by atoms with Gasteiger partial charge in [0, 0.05) is 12.7 Å². The standard InChI is InChI=1S/C19H21N5O3S/c1-2-28(26,27)24-13-15-8-4-3-7-14(15)11-16(24)19(25)20-12-18-22-21-17-9-5-6-10-23(17)18/h3-10,16H,2,11-13H2,1H3,(H,20,25)/t16-/m0/s1. The van der Waals surface area contributed by atoms with Crippen molar-refractivity contribution in [2.45, 2.75) is 32.5 Å². The second kappa shape index (κ2) is 7.33. The number of rotatable bonds is 5. The normalized spacial score (nSPS) is 17.4. The van der Waals surface area contributed by atoms with Crippen LogP contribution < -0.4 is 5.32 Å². The Morgan fingerprint density at radius 1 is 1.14 bits per heavy atom. The molecule has 0 unspecified atom stereocenters. The molecule has 0 radical (unpaired) electrons. The molecule has 2 aromatic heterocycles. The number of fused-ring (bicyclic) bond motifs is 2. The predicted molar refractivity (Wildman–Crippen MR) is 104 cm³/mol. The maximum absolute atomic E-state index is 12.9. The molecule has 0 fully saturated rings. The van der Waals surface area contributed by atoms with Crippen LogP contribution in [0.3, 0.4) is 0 Å². The fraction of sp³-hybridized carbons (Fsp3) is 0.316. The Morgan fingerprint density at radius 2 is 1.89 bits per heavy atom. The molecule has 1 aromatic carbocycles. The fourth-order valence-corrected chi connectivity index (χ4v) is 4.70. The lowest BCUT2D eigenvalue weighted by Crippen LogP contribution is -2.52. The van der Waals surface area contributed by atoms with E-state index in [2.05, 4.69) is 15.5 Å². The summed E-state index contributed by atoms with van der Waals surface area (Å²) in [5, 5.41) is 11.0. The van der Waals surface area contributed by atoms with Crippen molar-refractivity contribution in [3.63, 3.8) is 0 Å². The second-order valence-electron chi connectivity index (χ2n) is 6.70. The molecule has 1 aliphatic rings. The maximum atomic E-state index is 12.9. The van der Waals surface area contributed by atoms with E-state index in [-0.39, 0.29) is 24.7 Å². The molecule has 3 aromatic rings. The first-order valence-corrected chi connectivity index (χ1v) is 10.7. The Balaban J connectivity index is 1.57. The van der Waals surface area contributed by atoms with Crippen LogP contribution in [0.5, 0.6) is 0 Å². The number of hydrogen-bond acceptors (Lipinski definition) is 5. The highest BCUT2D eigenvalue weighted by molar-refractivity contribution is 7.89. The van der Waals surface area contributed by atoms with Gasteiger partial charge < -0.3 is 5.32 Å². The summed E-state index contributed by atoms with van der Waals surface area (Å²) >= 11 is 0. The van der Waals surface area contributed by atoms with Gasteiger partial charge in [-0.15, -0.1) is 10.2 Å². The molecular formula is C19H21N5O3S. The summed E-state index contributed by atoms with van der Waals surface area (Å²) in [5.41, 5.74) is 2.62. The molecule has 1 aliphatic heterocycles. The van der Waals surface area contributed by atoms with Gasteiger partial charge in [0.2, 0.25) is 15.9 Å². The van der Waals surface area contributed by atoms with Gasteiger partial charge in [-0.1, -0.05) is 30.3 Å². The molecule has 0 spiro atoms. The van der Waals surface area contributed by atoms with Crippen LogP contribution in [-0.4, -0.2) is 45.0 Å². The molecule has 4 rings (SSSR count). The van der Waals surface area contributed by atoms with Gasteiger partial charge in [0.15, 0.2) is 11.5 Å². The van der Waals surface area contributed by atoms with Gasteiger partial charge in [0.05, 0.1) is 12.3 Å². The molecule has 1 amide bonds. The van der Waals surface area contributed by atoms with E-state index in [1.54, 1.807) is 11.3 Å². The molecule has 146 valence electrons. The number of carbonyl (C=O) groups excluding carboxylic acids is 1. The summed E-state index contributed by atoms with van der Waals surface area (Å²) in [6.45, 7) is 1.97. The Kier molecular flexibility index (Phi) is 4.86. The molecule has 1 atom stereocenters. The third-order valence-corrected chi connectivity index (χ3v) is 6.86. The monoisotopic (exact) mass is 399 g/mol. The molecular weight excluding hydrogens is 378 g/mol. The number of amides is 1. The van der Waals surface area contributed by atoms with Crippen LogP contribution in [0, 0.1) is 0 Å². The number of aromatic nitrogens is 3. The number of nitrogens with zero attached hydrogens (tertiary/aromatic N) is 4. The van der Waals surface area contributed by atoms with Crippen LogP contribution in [0.1, 0.15) is 23.9 Å². The van der Waals surface area contributed by atoms with Gasteiger partial charge in [-0.3, -0.25) is 9.20 Å². The van der Waals surface area contributed by atoms with Crippen molar-refractivity contribution in [2.24, 2.45) is 0 Å². The average Bonchev–Trinajstić information content (AvgIpc) is 3.14. The fourth-order valence-electron chi connectivity index (χ4n) is 3.48. The largest absolute Gasteiger partial charge is 0.347 e. The van der Waals surface area contributed by atoms with E-state index in [0.717, 1.165) is 11.1 Å². The van der Waals surface area contributed by atoms with Crippen molar-refractivity contribution in [1.82, 2.24) is 24.2 Å². The predicted octanol–water partition coefficient (Wildman–Crippen LogP) is 1.12. The number of pyridine rings is 1. The molecule has 28 heavy (non-hydrogen) atoms. The topological polar surface area (TPSA) is 96.7 Å². The third kappa shape index (κ3) is 3.38. The van der Waals surface area contributed by atoms with Crippen LogP contribution in [0.4, 0.5) is 0 Å². The van der Waals surface area contributed by atoms with E-state index in [0.29, 0.717) is 17.9 Å². The van der Waals surface area contributed by atoms with E-state index in [1.165, 1.54) is 4.31 Å². The third-order valence-electron chi connectivity index (χ3n) is 5.04. The Bertz CT molecular complexity index is 1130. The first kappa shape index (κ1) is 18.6. The number of sulfonamides is 1. The second-order valence-corrected chi connectivity index (χ2v) is 8.91. The smallest absolute Gasteiger partial charge is 0.239 e. The van der Waals surface area contributed by atoms with Gasteiger partial charge in [-0.05, 0) is 36.6 Å². The van der Waals surface area contributed by atoms with Gasteiger partial charge in [0.25, 0.3) is 0 Å². The van der Waals surface area contributed by atoms with Crippen LogP contribution in [0.15, 0.2) is 48.7 Å². The van der Waals surface area contributed by atoms with Gasteiger partial charge >= 0.3 is 0 Å². The van der Waals surface area contributed by atoms with E-state index in [1.807, 2.05) is 48.7 Å². The molecule has 9 heteroatoms. The summed E-state index contributed by atoms with van der Waals surface area (Å²) in [6, 6.07) is 12.4. The van der Waals surface area contributed by atoms with Crippen LogP contribution in [0.25, 0.3) is 5.65 Å². The van der Waals surface area contributed by atoms with Gasteiger partial charge in [-0.2, -0.15) is 4.31 Å². The highest BCUT2D eigenvalue weighted by Crippen LogP contribution is 2.26. The van der Waals surface area contributed by atoms with Crippen molar-refractivity contribution < 1.29 is 13.2 Å². The summed E-state index contributed by atoms with van der Waals surface area (Å²) in [4.78, 5) is 12.9. The van der Waals surface area contributed by atoms with Crippen LogP contribution in [0.2, 0.25) is 0 Å². The Labute approximate surface area is 163 Å². The zero-order valence-electron chi connectivity index (χ0n) is 15.4. The zero-order chi connectivity index (χ0) is 19.7. The first-order chi connectivity index (χ1) is 13.5. The highest BCUT2D eigenvalue weighted by Gasteiger charge is 2.37. The van der Waals surface area contributed by atoms with Crippen molar-refractivity contribution >= 4 is 21.6 Å². The van der Waals surface area contributed by atoms with Gasteiger partial charge in [-0.25, -0.2) is 8.42 Å². The highest BCUT2D eigenvalue weighted by atomic mass is 32.2. The lowest BCUT2D eigenvalue weighted by Gasteiger charge is -2.34. The molecule has 1 N–H and O–H groups in total. The lowest BCUT2D eigenvalue weighted by atomic mass is 9.95. The first-order valence-electron chi connectivity index (χ1n) is 9.12. The molecule has 8 nitrogen and oxygen atoms in total. The molecule has 0 bridgehead atoms. The lowest BCUT2D eigenvalue weighted by molar-refractivity contribution is -0.125. The average molecular weight is 399 g/mol. The van der Waals surface area contributed by atoms with Crippen molar-refractivity contribution in [3.8, 4) is 0 Å². The minimum Gasteiger partial charge on any atom is -0.347 e. The van der Waals surface area contributed by atoms with Crippen molar-refractivity contribution in [3.05, 3.63) is 65.6 Å². The van der Waals surface area contributed by atoms with Gasteiger partial charge in [0.1, 0.15) is 6.04 Å². The minimum atomic E-state index is -3.53. The Hall–Kier alpha value is -2.78. The summed E-state index contributed by atoms with van der Waals surface area (Å²) in [6.07, 6.45) is 2.17. The molecule has 0 saturated heterocycles. The molecule has 0 saturated carbocycles. The number of hydrogen-bond donors (Lipinski definition) is 1. The zero-order valence-corrected chi connectivity index (χ0v) is 16.3. The summed E-state index contributed by atoms with van der Waals surface area (Å²) in [7, 11) is -3.53. The Morgan fingerprint density at radius 3 is 2.68 bits per heavy atom. The quantitative estimate of drug-likeness (QED) is 0.694. The molecule has 0 aliphatic carbocycles. The molecule has 3 heterocycles. The van der Waals surface area contributed by atoms with E-state index in [4.69, 9.17) is 0 Å². The number of benzene rings is 1.